The van der Waals surface area contributed by atoms with Gasteiger partial charge in [-0.2, -0.15) is 5.10 Å². The van der Waals surface area contributed by atoms with Gasteiger partial charge in [-0.05, 0) is 31.9 Å². The van der Waals surface area contributed by atoms with Crippen molar-refractivity contribution in [2.24, 2.45) is 5.10 Å². The van der Waals surface area contributed by atoms with Gasteiger partial charge in [0.05, 0.1) is 0 Å². The summed E-state index contributed by atoms with van der Waals surface area (Å²) in [4.78, 5) is 11.7. The first-order chi connectivity index (χ1) is 7.15. The Morgan fingerprint density at radius 3 is 2.67 bits per heavy atom. The Hall–Kier alpha value is -1.64. The van der Waals surface area contributed by atoms with Crippen LogP contribution in [-0.4, -0.2) is 11.6 Å². The molecule has 1 N–H and O–H groups in total. The summed E-state index contributed by atoms with van der Waals surface area (Å²) in [5, 5.41) is 3.98. The van der Waals surface area contributed by atoms with Crippen molar-refractivity contribution in [2.45, 2.75) is 27.2 Å². The summed E-state index contributed by atoms with van der Waals surface area (Å²) in [6.45, 7) is 5.79. The maximum atomic E-state index is 11.7. The van der Waals surface area contributed by atoms with Gasteiger partial charge in [-0.1, -0.05) is 25.1 Å². The lowest BCUT2D eigenvalue weighted by atomic mass is 10.1. The fourth-order valence-corrected chi connectivity index (χ4v) is 1.11. The predicted octanol–water partition coefficient (Wildman–Crippen LogP) is 2.51. The topological polar surface area (TPSA) is 41.5 Å². The largest absolute Gasteiger partial charge is 0.271 e. The lowest BCUT2D eigenvalue weighted by Gasteiger charge is -2.03. The average molecular weight is 204 g/mol. The van der Waals surface area contributed by atoms with Crippen molar-refractivity contribution in [1.29, 1.82) is 0 Å². The number of hydrogen-bond acceptors (Lipinski definition) is 2. The highest BCUT2D eigenvalue weighted by molar-refractivity contribution is 5.96. The van der Waals surface area contributed by atoms with Crippen LogP contribution >= 0.6 is 0 Å². The first-order valence-electron chi connectivity index (χ1n) is 5.04. The van der Waals surface area contributed by atoms with Gasteiger partial charge >= 0.3 is 0 Å². The van der Waals surface area contributed by atoms with Gasteiger partial charge in [0, 0.05) is 11.3 Å². The highest BCUT2D eigenvalue weighted by Crippen LogP contribution is 2.06. The molecule has 0 aliphatic rings. The zero-order valence-corrected chi connectivity index (χ0v) is 9.37. The molecule has 0 aliphatic heterocycles. The standard InChI is InChI=1S/C12H16N2O/c1-4-10(3)13-14-12(15)11-8-6-5-7-9(11)2/h5-8H,4H2,1-3H3,(H,14,15). The van der Waals surface area contributed by atoms with Crippen LogP contribution in [0.3, 0.4) is 0 Å². The number of hydrazone groups is 1. The number of nitrogens with zero attached hydrogens (tertiary/aromatic N) is 1. The Kier molecular flexibility index (Phi) is 4.03. The molecule has 0 fully saturated rings. The number of amides is 1. The van der Waals surface area contributed by atoms with Crippen LogP contribution in [0.1, 0.15) is 36.2 Å². The predicted molar refractivity (Wildman–Crippen MR) is 62.0 cm³/mol. The average Bonchev–Trinajstić information content (AvgIpc) is 2.26. The van der Waals surface area contributed by atoms with Gasteiger partial charge < -0.3 is 0 Å². The van der Waals surface area contributed by atoms with Crippen LogP contribution in [0.2, 0.25) is 0 Å². The molecule has 3 heteroatoms. The number of carbonyl (C=O) groups excluding carboxylic acids is 1. The molecule has 0 unspecified atom stereocenters. The highest BCUT2D eigenvalue weighted by Gasteiger charge is 2.06. The van der Waals surface area contributed by atoms with Crippen LogP contribution in [0.25, 0.3) is 0 Å². The fourth-order valence-electron chi connectivity index (χ4n) is 1.11. The summed E-state index contributed by atoms with van der Waals surface area (Å²) in [7, 11) is 0. The summed E-state index contributed by atoms with van der Waals surface area (Å²) in [6, 6.07) is 7.46. The second kappa shape index (κ2) is 5.29. The smallest absolute Gasteiger partial charge is 0.267 e. The third kappa shape index (κ3) is 3.20. The van der Waals surface area contributed by atoms with Crippen molar-refractivity contribution in [2.75, 3.05) is 0 Å². The van der Waals surface area contributed by atoms with Crippen molar-refractivity contribution in [1.82, 2.24) is 5.43 Å². The zero-order chi connectivity index (χ0) is 11.3. The van der Waals surface area contributed by atoms with E-state index in [1.165, 1.54) is 0 Å². The molecular formula is C12H16N2O. The molecule has 0 heterocycles. The highest BCUT2D eigenvalue weighted by atomic mass is 16.2. The summed E-state index contributed by atoms with van der Waals surface area (Å²) in [5.74, 6) is -0.152. The van der Waals surface area contributed by atoms with E-state index >= 15 is 0 Å². The molecule has 0 saturated carbocycles. The quantitative estimate of drug-likeness (QED) is 0.596. The van der Waals surface area contributed by atoms with Crippen molar-refractivity contribution in [3.8, 4) is 0 Å². The molecule has 15 heavy (non-hydrogen) atoms. The Morgan fingerprint density at radius 1 is 1.40 bits per heavy atom. The van der Waals surface area contributed by atoms with Gasteiger partial charge in [0.15, 0.2) is 0 Å². The minimum absolute atomic E-state index is 0.152. The summed E-state index contributed by atoms with van der Waals surface area (Å²) < 4.78 is 0. The van der Waals surface area contributed by atoms with E-state index < -0.39 is 0 Å². The summed E-state index contributed by atoms with van der Waals surface area (Å²) >= 11 is 0. The number of benzene rings is 1. The van der Waals surface area contributed by atoms with E-state index in [9.17, 15) is 4.79 Å². The molecule has 1 rings (SSSR count). The summed E-state index contributed by atoms with van der Waals surface area (Å²) in [6.07, 6.45) is 0.841. The zero-order valence-electron chi connectivity index (χ0n) is 9.37. The van der Waals surface area contributed by atoms with Crippen LogP contribution < -0.4 is 5.43 Å². The maximum absolute atomic E-state index is 11.7. The van der Waals surface area contributed by atoms with Gasteiger partial charge in [-0.15, -0.1) is 0 Å². The molecule has 3 nitrogen and oxygen atoms in total. The second-order valence-corrected chi connectivity index (χ2v) is 3.46. The Balaban J connectivity index is 2.74. The molecular weight excluding hydrogens is 188 g/mol. The van der Waals surface area contributed by atoms with Crippen LogP contribution in [0.15, 0.2) is 29.4 Å². The van der Waals surface area contributed by atoms with Gasteiger partial charge in [-0.3, -0.25) is 4.79 Å². The molecule has 0 spiro atoms. The number of nitrogens with one attached hydrogen (secondary N) is 1. The molecule has 0 aromatic heterocycles. The fraction of sp³-hybridized carbons (Fsp3) is 0.333. The van der Waals surface area contributed by atoms with E-state index in [0.717, 1.165) is 17.7 Å². The molecule has 1 amide bonds. The molecule has 1 aromatic rings. The monoisotopic (exact) mass is 204 g/mol. The minimum Gasteiger partial charge on any atom is -0.267 e. The van der Waals surface area contributed by atoms with Crippen molar-refractivity contribution in [3.63, 3.8) is 0 Å². The van der Waals surface area contributed by atoms with E-state index in [0.29, 0.717) is 5.56 Å². The SMILES string of the molecule is CCC(C)=NNC(=O)c1ccccc1C. The molecule has 0 aliphatic carbocycles. The number of aryl methyl sites for hydroxylation is 1. The van der Waals surface area contributed by atoms with E-state index in [1.54, 1.807) is 6.07 Å². The first kappa shape index (κ1) is 11.4. The Bertz CT molecular complexity index is 383. The van der Waals surface area contributed by atoms with Crippen molar-refractivity contribution >= 4 is 11.6 Å². The van der Waals surface area contributed by atoms with Crippen LogP contribution in [-0.2, 0) is 0 Å². The summed E-state index contributed by atoms with van der Waals surface area (Å²) in [5.41, 5.74) is 5.08. The third-order valence-electron chi connectivity index (χ3n) is 2.25. The van der Waals surface area contributed by atoms with Crippen LogP contribution in [0, 0.1) is 6.92 Å². The van der Waals surface area contributed by atoms with E-state index in [4.69, 9.17) is 0 Å². The van der Waals surface area contributed by atoms with Crippen molar-refractivity contribution < 1.29 is 4.79 Å². The second-order valence-electron chi connectivity index (χ2n) is 3.46. The number of rotatable bonds is 3. The van der Waals surface area contributed by atoms with Gasteiger partial charge in [0.25, 0.3) is 5.91 Å². The molecule has 0 saturated heterocycles. The Morgan fingerprint density at radius 2 is 2.07 bits per heavy atom. The first-order valence-corrected chi connectivity index (χ1v) is 5.04. The van der Waals surface area contributed by atoms with Crippen LogP contribution in [0.4, 0.5) is 0 Å². The molecule has 0 bridgehead atoms. The maximum Gasteiger partial charge on any atom is 0.271 e. The van der Waals surface area contributed by atoms with E-state index in [1.807, 2.05) is 39.0 Å². The van der Waals surface area contributed by atoms with E-state index in [-0.39, 0.29) is 5.91 Å². The third-order valence-corrected chi connectivity index (χ3v) is 2.25. The molecule has 0 radical (unpaired) electrons. The normalized spacial score (nSPS) is 11.3. The van der Waals surface area contributed by atoms with Gasteiger partial charge in [0.1, 0.15) is 0 Å². The van der Waals surface area contributed by atoms with E-state index in [2.05, 4.69) is 10.5 Å². The number of carbonyl (C=O) groups is 1. The number of hydrogen-bond donors (Lipinski definition) is 1. The molecule has 1 aromatic carbocycles. The Labute approximate surface area is 90.2 Å². The van der Waals surface area contributed by atoms with Crippen LogP contribution in [0.5, 0.6) is 0 Å². The van der Waals surface area contributed by atoms with Gasteiger partial charge in [-0.25, -0.2) is 5.43 Å². The van der Waals surface area contributed by atoms with Gasteiger partial charge in [0.2, 0.25) is 0 Å². The van der Waals surface area contributed by atoms with Crippen molar-refractivity contribution in [3.05, 3.63) is 35.4 Å². The minimum atomic E-state index is -0.152. The lowest BCUT2D eigenvalue weighted by molar-refractivity contribution is 0.0954. The molecule has 0 atom stereocenters. The lowest BCUT2D eigenvalue weighted by Crippen LogP contribution is -2.19. The molecule has 80 valence electrons.